The molecule has 0 N–H and O–H groups in total. The highest BCUT2D eigenvalue weighted by atomic mass is 35.5. The van der Waals surface area contributed by atoms with Crippen molar-refractivity contribution in [3.05, 3.63) is 99.2 Å². The summed E-state index contributed by atoms with van der Waals surface area (Å²) in [7, 11) is 0. The Labute approximate surface area is 198 Å². The maximum Gasteiger partial charge on any atom is 0.176 e. The molecule has 0 amide bonds. The molecule has 152 valence electrons. The molecule has 5 aromatic rings. The fourth-order valence-electron chi connectivity index (χ4n) is 3.49. The summed E-state index contributed by atoms with van der Waals surface area (Å²) >= 11 is 25.0. The molecule has 0 aliphatic carbocycles. The Morgan fingerprint density at radius 3 is 1.90 bits per heavy atom. The standard InChI is InChI=1S/C24H13Cl4N3/c25-17-8-4-14(5-9-17)21-22(15-6-10-18(26)11-7-15)31-13-20(29-23(28)24(31)30-21)16-2-1-3-19(27)12-16/h1-13H. The summed E-state index contributed by atoms with van der Waals surface area (Å²) < 4.78 is 1.96. The van der Waals surface area contributed by atoms with Gasteiger partial charge in [-0.3, -0.25) is 4.40 Å². The third kappa shape index (κ3) is 3.90. The molecule has 2 aromatic heterocycles. The number of rotatable bonds is 3. The van der Waals surface area contributed by atoms with Crippen LogP contribution in [0.2, 0.25) is 20.2 Å². The summed E-state index contributed by atoms with van der Waals surface area (Å²) in [6.07, 6.45) is 1.92. The van der Waals surface area contributed by atoms with E-state index < -0.39 is 0 Å². The quantitative estimate of drug-likeness (QED) is 0.257. The van der Waals surface area contributed by atoms with Crippen LogP contribution in [0, 0.1) is 0 Å². The lowest BCUT2D eigenvalue weighted by molar-refractivity contribution is 1.13. The topological polar surface area (TPSA) is 30.2 Å². The normalized spacial score (nSPS) is 11.2. The maximum absolute atomic E-state index is 6.59. The van der Waals surface area contributed by atoms with Gasteiger partial charge in [-0.2, -0.15) is 0 Å². The van der Waals surface area contributed by atoms with Crippen molar-refractivity contribution < 1.29 is 0 Å². The van der Waals surface area contributed by atoms with Gasteiger partial charge in [0.2, 0.25) is 0 Å². The number of nitrogens with zero attached hydrogens (tertiary/aromatic N) is 3. The van der Waals surface area contributed by atoms with Crippen LogP contribution in [0.15, 0.2) is 79.0 Å². The first-order chi connectivity index (χ1) is 15.0. The van der Waals surface area contributed by atoms with Gasteiger partial charge < -0.3 is 0 Å². The molecule has 0 aliphatic rings. The van der Waals surface area contributed by atoms with Crippen LogP contribution in [-0.2, 0) is 0 Å². The average Bonchev–Trinajstić information content (AvgIpc) is 3.15. The van der Waals surface area contributed by atoms with Crippen LogP contribution in [0.3, 0.4) is 0 Å². The molecule has 0 aliphatic heterocycles. The maximum atomic E-state index is 6.59. The fraction of sp³-hybridized carbons (Fsp3) is 0. The number of fused-ring (bicyclic) bond motifs is 1. The van der Waals surface area contributed by atoms with E-state index in [4.69, 9.17) is 51.4 Å². The Balaban J connectivity index is 1.82. The molecule has 3 nitrogen and oxygen atoms in total. The minimum Gasteiger partial charge on any atom is -0.294 e. The second-order valence-corrected chi connectivity index (χ2v) is 8.61. The third-order valence-corrected chi connectivity index (χ3v) is 5.91. The van der Waals surface area contributed by atoms with Crippen molar-refractivity contribution in [2.75, 3.05) is 0 Å². The van der Waals surface area contributed by atoms with Crippen LogP contribution in [0.4, 0.5) is 0 Å². The molecule has 0 radical (unpaired) electrons. The SMILES string of the molecule is Clc1ccc(-c2nc3c(Cl)nc(-c4cccc(Cl)c4)cn3c2-c2ccc(Cl)cc2)cc1. The molecule has 0 spiro atoms. The Morgan fingerprint density at radius 2 is 1.26 bits per heavy atom. The molecule has 3 aromatic carbocycles. The van der Waals surface area contributed by atoms with Gasteiger partial charge in [0.05, 0.1) is 17.1 Å². The lowest BCUT2D eigenvalue weighted by atomic mass is 10.0. The van der Waals surface area contributed by atoms with Crippen LogP contribution in [0.5, 0.6) is 0 Å². The van der Waals surface area contributed by atoms with Crippen LogP contribution >= 0.6 is 46.4 Å². The zero-order chi connectivity index (χ0) is 21.5. The summed E-state index contributed by atoms with van der Waals surface area (Å²) in [6, 6.07) is 22.6. The van der Waals surface area contributed by atoms with Gasteiger partial charge in [-0.15, -0.1) is 0 Å². The van der Waals surface area contributed by atoms with E-state index in [0.29, 0.717) is 31.6 Å². The number of benzene rings is 3. The van der Waals surface area contributed by atoms with Crippen molar-refractivity contribution >= 4 is 52.1 Å². The lowest BCUT2D eigenvalue weighted by Gasteiger charge is -2.09. The highest BCUT2D eigenvalue weighted by molar-refractivity contribution is 6.33. The van der Waals surface area contributed by atoms with Crippen molar-refractivity contribution in [1.82, 2.24) is 14.4 Å². The molecule has 0 bridgehead atoms. The molecule has 7 heteroatoms. The number of imidazole rings is 1. The fourth-order valence-corrected chi connectivity index (χ4v) is 4.16. The number of hydrogen-bond donors (Lipinski definition) is 0. The molecule has 0 atom stereocenters. The minimum atomic E-state index is 0.299. The molecule has 0 saturated carbocycles. The first kappa shape index (κ1) is 20.3. The Bertz CT molecular complexity index is 1410. The zero-order valence-corrected chi connectivity index (χ0v) is 18.9. The van der Waals surface area contributed by atoms with Gasteiger partial charge in [-0.25, -0.2) is 9.97 Å². The van der Waals surface area contributed by atoms with Gasteiger partial charge in [-0.05, 0) is 36.4 Å². The van der Waals surface area contributed by atoms with E-state index in [9.17, 15) is 0 Å². The predicted molar refractivity (Wildman–Crippen MR) is 129 cm³/mol. The summed E-state index contributed by atoms with van der Waals surface area (Å²) in [4.78, 5) is 9.39. The third-order valence-electron chi connectivity index (χ3n) is 4.92. The average molecular weight is 485 g/mol. The highest BCUT2D eigenvalue weighted by Gasteiger charge is 2.19. The van der Waals surface area contributed by atoms with Gasteiger partial charge >= 0.3 is 0 Å². The summed E-state index contributed by atoms with van der Waals surface area (Å²) in [6.45, 7) is 0. The molecule has 0 fully saturated rings. The first-order valence-corrected chi connectivity index (χ1v) is 10.9. The minimum absolute atomic E-state index is 0.299. The van der Waals surface area contributed by atoms with E-state index >= 15 is 0 Å². The second-order valence-electron chi connectivity index (χ2n) is 6.94. The monoisotopic (exact) mass is 483 g/mol. The summed E-state index contributed by atoms with van der Waals surface area (Å²) in [5, 5.41) is 2.24. The van der Waals surface area contributed by atoms with Crippen LogP contribution in [-0.4, -0.2) is 14.4 Å². The van der Waals surface area contributed by atoms with Crippen molar-refractivity contribution in [3.63, 3.8) is 0 Å². The van der Waals surface area contributed by atoms with E-state index in [-0.39, 0.29) is 0 Å². The van der Waals surface area contributed by atoms with Gasteiger partial charge in [0, 0.05) is 38.0 Å². The summed E-state index contributed by atoms with van der Waals surface area (Å²) in [5.74, 6) is 0. The van der Waals surface area contributed by atoms with E-state index in [1.807, 2.05) is 83.4 Å². The number of hydrogen-bond acceptors (Lipinski definition) is 2. The molecule has 5 rings (SSSR count). The Kier molecular flexibility index (Phi) is 5.37. The number of aromatic nitrogens is 3. The van der Waals surface area contributed by atoms with Crippen molar-refractivity contribution in [2.24, 2.45) is 0 Å². The highest BCUT2D eigenvalue weighted by Crippen LogP contribution is 2.36. The van der Waals surface area contributed by atoms with Gasteiger partial charge in [0.25, 0.3) is 0 Å². The van der Waals surface area contributed by atoms with E-state index in [2.05, 4.69) is 4.98 Å². The predicted octanol–water partition coefficient (Wildman–Crippen LogP) is 8.34. The summed E-state index contributed by atoms with van der Waals surface area (Å²) in [5.41, 5.74) is 5.62. The van der Waals surface area contributed by atoms with Gasteiger partial charge in [0.15, 0.2) is 10.8 Å². The molecule has 0 unspecified atom stereocenters. The molecular formula is C24H13Cl4N3. The van der Waals surface area contributed by atoms with E-state index in [1.54, 1.807) is 0 Å². The van der Waals surface area contributed by atoms with E-state index in [0.717, 1.165) is 28.1 Å². The first-order valence-electron chi connectivity index (χ1n) is 9.36. The largest absolute Gasteiger partial charge is 0.294 e. The number of halogens is 4. The van der Waals surface area contributed by atoms with Crippen LogP contribution in [0.25, 0.3) is 39.4 Å². The smallest absolute Gasteiger partial charge is 0.176 e. The lowest BCUT2D eigenvalue weighted by Crippen LogP contribution is -1.95. The van der Waals surface area contributed by atoms with Crippen molar-refractivity contribution in [2.45, 2.75) is 0 Å². The second kappa shape index (κ2) is 8.18. The molecule has 0 saturated heterocycles. The van der Waals surface area contributed by atoms with E-state index in [1.165, 1.54) is 0 Å². The Hall–Kier alpha value is -2.56. The Morgan fingerprint density at radius 1 is 0.613 bits per heavy atom. The molecule has 2 heterocycles. The van der Waals surface area contributed by atoms with Crippen molar-refractivity contribution in [3.8, 4) is 33.8 Å². The van der Waals surface area contributed by atoms with Gasteiger partial charge in [-0.1, -0.05) is 82.8 Å². The van der Waals surface area contributed by atoms with Gasteiger partial charge in [0.1, 0.15) is 0 Å². The van der Waals surface area contributed by atoms with Crippen LogP contribution < -0.4 is 0 Å². The molecule has 31 heavy (non-hydrogen) atoms. The molecular weight excluding hydrogens is 472 g/mol. The zero-order valence-electron chi connectivity index (χ0n) is 15.9. The van der Waals surface area contributed by atoms with Crippen LogP contribution in [0.1, 0.15) is 0 Å². The van der Waals surface area contributed by atoms with Crippen molar-refractivity contribution in [1.29, 1.82) is 0 Å².